The maximum absolute atomic E-state index is 13.1. The molecule has 1 fully saturated rings. The maximum atomic E-state index is 13.1. The van der Waals surface area contributed by atoms with Gasteiger partial charge in [-0.3, -0.25) is 10.2 Å². The maximum Gasteiger partial charge on any atom is 0.416 e. The van der Waals surface area contributed by atoms with E-state index in [1.807, 2.05) is 24.3 Å². The van der Waals surface area contributed by atoms with E-state index in [-0.39, 0.29) is 24.1 Å². The van der Waals surface area contributed by atoms with Crippen LogP contribution in [0.3, 0.4) is 0 Å². The number of amides is 1. The summed E-state index contributed by atoms with van der Waals surface area (Å²) in [6.45, 7) is 2.32. The van der Waals surface area contributed by atoms with Gasteiger partial charge in [0.05, 0.1) is 17.5 Å². The Morgan fingerprint density at radius 1 is 1.15 bits per heavy atom. The molecule has 4 nitrogen and oxygen atoms in total. The second kappa shape index (κ2) is 8.10. The number of rotatable bonds is 5. The third-order valence-corrected chi connectivity index (χ3v) is 4.84. The molecule has 27 heavy (non-hydrogen) atoms. The topological polar surface area (TPSA) is 53.2 Å². The Kier molecular flexibility index (Phi) is 5.82. The second-order valence-electron chi connectivity index (χ2n) is 6.58. The number of nitrogens with one attached hydrogen (secondary N) is 3. The lowest BCUT2D eigenvalue weighted by molar-refractivity contribution is -0.138. The van der Waals surface area contributed by atoms with Crippen molar-refractivity contribution in [1.29, 1.82) is 0 Å². The Balaban J connectivity index is 1.69. The molecular weight excluding hydrogens is 355 g/mol. The van der Waals surface area contributed by atoms with Gasteiger partial charge < -0.3 is 5.32 Å². The molecule has 144 valence electrons. The molecule has 0 radical (unpaired) electrons. The SMILES string of the molecule is CCc1ccc(C2NNCC2C(=O)NCc2ccccc2C(F)(F)F)cc1. The molecule has 0 aliphatic carbocycles. The van der Waals surface area contributed by atoms with Gasteiger partial charge in [0.2, 0.25) is 5.91 Å². The first-order valence-corrected chi connectivity index (χ1v) is 8.90. The van der Waals surface area contributed by atoms with Gasteiger partial charge in [0.25, 0.3) is 0 Å². The number of hydrazine groups is 1. The van der Waals surface area contributed by atoms with Crippen LogP contribution < -0.4 is 16.2 Å². The molecule has 0 bridgehead atoms. The first-order valence-electron chi connectivity index (χ1n) is 8.90. The third-order valence-electron chi connectivity index (χ3n) is 4.84. The van der Waals surface area contributed by atoms with Gasteiger partial charge in [0.1, 0.15) is 0 Å². The van der Waals surface area contributed by atoms with Crippen LogP contribution in [0.1, 0.15) is 35.2 Å². The minimum atomic E-state index is -4.44. The summed E-state index contributed by atoms with van der Waals surface area (Å²) in [6, 6.07) is 13.0. The molecule has 1 aliphatic heterocycles. The van der Waals surface area contributed by atoms with Gasteiger partial charge in [-0.05, 0) is 29.2 Å². The minimum absolute atomic E-state index is 0.0566. The molecule has 0 spiro atoms. The molecule has 2 aromatic carbocycles. The van der Waals surface area contributed by atoms with Crippen molar-refractivity contribution in [3.63, 3.8) is 0 Å². The molecule has 3 N–H and O–H groups in total. The molecule has 3 rings (SSSR count). The number of hydrogen-bond donors (Lipinski definition) is 3. The molecule has 2 atom stereocenters. The fourth-order valence-electron chi connectivity index (χ4n) is 3.28. The zero-order chi connectivity index (χ0) is 19.4. The van der Waals surface area contributed by atoms with Gasteiger partial charge in [-0.2, -0.15) is 13.2 Å². The summed E-state index contributed by atoms with van der Waals surface area (Å²) in [4.78, 5) is 12.6. The molecule has 1 amide bonds. The summed E-state index contributed by atoms with van der Waals surface area (Å²) in [5.74, 6) is -0.690. The third kappa shape index (κ3) is 4.48. The number of benzene rings is 2. The monoisotopic (exact) mass is 377 g/mol. The van der Waals surface area contributed by atoms with Crippen LogP contribution >= 0.6 is 0 Å². The first-order chi connectivity index (χ1) is 12.9. The van der Waals surface area contributed by atoms with E-state index in [0.717, 1.165) is 18.1 Å². The molecule has 0 saturated carbocycles. The minimum Gasteiger partial charge on any atom is -0.352 e. The fraction of sp³-hybridized carbons (Fsp3) is 0.350. The highest BCUT2D eigenvalue weighted by atomic mass is 19.4. The Labute approximate surface area is 156 Å². The summed E-state index contributed by atoms with van der Waals surface area (Å²) in [5, 5.41) is 2.66. The van der Waals surface area contributed by atoms with Gasteiger partial charge in [-0.15, -0.1) is 0 Å². The Hall–Kier alpha value is -2.38. The summed E-state index contributed by atoms with van der Waals surface area (Å²) >= 11 is 0. The van der Waals surface area contributed by atoms with Crippen LogP contribution in [0.25, 0.3) is 0 Å². The van der Waals surface area contributed by atoms with Crippen molar-refractivity contribution in [2.24, 2.45) is 5.92 Å². The van der Waals surface area contributed by atoms with E-state index in [1.54, 1.807) is 0 Å². The lowest BCUT2D eigenvalue weighted by Crippen LogP contribution is -2.35. The molecule has 0 aromatic heterocycles. The van der Waals surface area contributed by atoms with Crippen LogP contribution in [-0.4, -0.2) is 12.5 Å². The van der Waals surface area contributed by atoms with E-state index in [2.05, 4.69) is 23.1 Å². The largest absolute Gasteiger partial charge is 0.416 e. The summed E-state index contributed by atoms with van der Waals surface area (Å²) in [6.07, 6.45) is -3.51. The molecule has 7 heteroatoms. The van der Waals surface area contributed by atoms with Gasteiger partial charge >= 0.3 is 6.18 Å². The number of carbonyl (C=O) groups is 1. The van der Waals surface area contributed by atoms with E-state index < -0.39 is 17.7 Å². The highest BCUT2D eigenvalue weighted by Gasteiger charge is 2.35. The van der Waals surface area contributed by atoms with Crippen LogP contribution in [0.4, 0.5) is 13.2 Å². The smallest absolute Gasteiger partial charge is 0.352 e. The second-order valence-corrected chi connectivity index (χ2v) is 6.58. The number of halogens is 3. The molecular formula is C20H22F3N3O. The van der Waals surface area contributed by atoms with Crippen molar-refractivity contribution in [3.05, 3.63) is 70.8 Å². The quantitative estimate of drug-likeness (QED) is 0.749. The number of hydrogen-bond acceptors (Lipinski definition) is 3. The fourth-order valence-corrected chi connectivity index (χ4v) is 3.28. The van der Waals surface area contributed by atoms with Gasteiger partial charge in [0.15, 0.2) is 0 Å². The molecule has 1 heterocycles. The average molecular weight is 377 g/mol. The summed E-state index contributed by atoms with van der Waals surface area (Å²) in [7, 11) is 0. The molecule has 1 saturated heterocycles. The molecule has 1 aliphatic rings. The lowest BCUT2D eigenvalue weighted by Gasteiger charge is -2.19. The van der Waals surface area contributed by atoms with Crippen molar-refractivity contribution >= 4 is 5.91 Å². The van der Waals surface area contributed by atoms with Gasteiger partial charge in [0, 0.05) is 13.1 Å². The predicted octanol–water partition coefficient (Wildman–Crippen LogP) is 3.35. The van der Waals surface area contributed by atoms with Crippen LogP contribution in [0, 0.1) is 5.92 Å². The van der Waals surface area contributed by atoms with E-state index in [1.165, 1.54) is 23.8 Å². The van der Waals surface area contributed by atoms with Crippen molar-refractivity contribution in [2.45, 2.75) is 32.1 Å². The lowest BCUT2D eigenvalue weighted by atomic mass is 9.93. The zero-order valence-electron chi connectivity index (χ0n) is 14.9. The van der Waals surface area contributed by atoms with Crippen molar-refractivity contribution in [1.82, 2.24) is 16.2 Å². The Bertz CT molecular complexity index is 790. The van der Waals surface area contributed by atoms with E-state index in [4.69, 9.17) is 0 Å². The molecule has 2 unspecified atom stereocenters. The number of carbonyl (C=O) groups excluding carboxylic acids is 1. The van der Waals surface area contributed by atoms with Crippen LogP contribution in [0.2, 0.25) is 0 Å². The van der Waals surface area contributed by atoms with Crippen LogP contribution in [-0.2, 0) is 23.9 Å². The summed E-state index contributed by atoms with van der Waals surface area (Å²) < 4.78 is 39.3. The summed E-state index contributed by atoms with van der Waals surface area (Å²) in [5.41, 5.74) is 7.56. The molecule has 2 aromatic rings. The van der Waals surface area contributed by atoms with Crippen LogP contribution in [0.15, 0.2) is 48.5 Å². The number of alkyl halides is 3. The highest BCUT2D eigenvalue weighted by molar-refractivity contribution is 5.80. The van der Waals surface area contributed by atoms with Crippen molar-refractivity contribution < 1.29 is 18.0 Å². The Morgan fingerprint density at radius 2 is 1.85 bits per heavy atom. The van der Waals surface area contributed by atoms with Gasteiger partial charge in [-0.25, -0.2) is 5.43 Å². The van der Waals surface area contributed by atoms with Gasteiger partial charge in [-0.1, -0.05) is 49.4 Å². The van der Waals surface area contributed by atoms with E-state index in [9.17, 15) is 18.0 Å². The first kappa shape index (κ1) is 19.4. The zero-order valence-corrected chi connectivity index (χ0v) is 14.9. The van der Waals surface area contributed by atoms with Crippen LogP contribution in [0.5, 0.6) is 0 Å². The van der Waals surface area contributed by atoms with E-state index in [0.29, 0.717) is 6.54 Å². The standard InChI is InChI=1S/C20H22F3N3O/c1-2-13-7-9-14(10-8-13)18-16(12-25-26-18)19(27)24-11-15-5-3-4-6-17(15)20(21,22)23/h3-10,16,18,25-26H,2,11-12H2,1H3,(H,24,27). The Morgan fingerprint density at radius 3 is 2.52 bits per heavy atom. The van der Waals surface area contributed by atoms with Crippen molar-refractivity contribution in [2.75, 3.05) is 6.54 Å². The highest BCUT2D eigenvalue weighted by Crippen LogP contribution is 2.32. The average Bonchev–Trinajstić information content (AvgIpc) is 3.15. The van der Waals surface area contributed by atoms with Crippen molar-refractivity contribution in [3.8, 4) is 0 Å². The number of aryl methyl sites for hydroxylation is 1. The predicted molar refractivity (Wildman–Crippen MR) is 96.5 cm³/mol. The normalized spacial score (nSPS) is 19.9. The van der Waals surface area contributed by atoms with E-state index >= 15 is 0 Å².